The number of carbonyl (C=O) groups is 1. The van der Waals surface area contributed by atoms with Crippen molar-refractivity contribution in [2.24, 2.45) is 11.5 Å². The zero-order valence-corrected chi connectivity index (χ0v) is 8.18. The van der Waals surface area contributed by atoms with Crippen molar-refractivity contribution in [1.29, 1.82) is 0 Å². The number of esters is 1. The summed E-state index contributed by atoms with van der Waals surface area (Å²) in [5, 5.41) is 2.73. The molecule has 0 heterocycles. The van der Waals surface area contributed by atoms with Gasteiger partial charge in [0.2, 0.25) is 0 Å². The first kappa shape index (κ1) is 14.9. The fraction of sp³-hybridized carbons (Fsp3) is 0.571. The zero-order valence-electron chi connectivity index (χ0n) is 7.36. The van der Waals surface area contributed by atoms with E-state index >= 15 is 0 Å². The minimum absolute atomic E-state index is 0. The Morgan fingerprint density at radius 2 is 2.23 bits per heavy atom. The lowest BCUT2D eigenvalue weighted by Gasteiger charge is -2.06. The van der Waals surface area contributed by atoms with Crippen LogP contribution < -0.4 is 16.8 Å². The number of nitrogens with one attached hydrogen (secondary N) is 1. The second-order valence-electron chi connectivity index (χ2n) is 2.27. The van der Waals surface area contributed by atoms with Gasteiger partial charge in [-0.05, 0) is 0 Å². The van der Waals surface area contributed by atoms with Crippen molar-refractivity contribution in [3.05, 3.63) is 12.7 Å². The van der Waals surface area contributed by atoms with Gasteiger partial charge in [-0.1, -0.05) is 12.7 Å². The van der Waals surface area contributed by atoms with E-state index in [9.17, 15) is 4.79 Å². The number of carbonyl (C=O) groups excluding carboxylic acids is 1. The van der Waals surface area contributed by atoms with Crippen LogP contribution in [0.25, 0.3) is 0 Å². The Hall–Kier alpha value is -0.620. The summed E-state index contributed by atoms with van der Waals surface area (Å²) >= 11 is 0. The van der Waals surface area contributed by atoms with Gasteiger partial charge in [0.1, 0.15) is 6.61 Å². The number of hydrogen-bond donors (Lipinski definition) is 3. The van der Waals surface area contributed by atoms with Gasteiger partial charge in [-0.2, -0.15) is 0 Å². The summed E-state index contributed by atoms with van der Waals surface area (Å²) in [7, 11) is 0. The van der Waals surface area contributed by atoms with Crippen LogP contribution in [-0.4, -0.2) is 31.8 Å². The van der Waals surface area contributed by atoms with E-state index in [1.807, 2.05) is 0 Å². The van der Waals surface area contributed by atoms with Gasteiger partial charge in [0.05, 0.1) is 12.7 Å². The standard InChI is InChI=1S/C7H15N3O2.ClH/c1-2-3-12-7(11)5-10-4-6(8)9;/h2,6,10H,1,3-5,8-9H2;1H. The van der Waals surface area contributed by atoms with Crippen LogP contribution in [0.3, 0.4) is 0 Å². The van der Waals surface area contributed by atoms with Gasteiger partial charge in [-0.3, -0.25) is 4.79 Å². The van der Waals surface area contributed by atoms with Crippen LogP contribution in [0.4, 0.5) is 0 Å². The van der Waals surface area contributed by atoms with Crippen LogP contribution in [-0.2, 0) is 9.53 Å². The highest BCUT2D eigenvalue weighted by atomic mass is 35.5. The number of halogens is 1. The van der Waals surface area contributed by atoms with Crippen molar-refractivity contribution in [3.8, 4) is 0 Å². The molecule has 0 aliphatic carbocycles. The molecule has 0 rings (SSSR count). The first-order valence-electron chi connectivity index (χ1n) is 3.65. The normalized spacial score (nSPS) is 9.15. The van der Waals surface area contributed by atoms with E-state index in [4.69, 9.17) is 11.5 Å². The van der Waals surface area contributed by atoms with Crippen LogP contribution in [0.2, 0.25) is 0 Å². The quantitative estimate of drug-likeness (QED) is 0.296. The molecule has 0 fully saturated rings. The summed E-state index contributed by atoms with van der Waals surface area (Å²) < 4.78 is 4.67. The maximum atomic E-state index is 10.8. The second-order valence-corrected chi connectivity index (χ2v) is 2.27. The van der Waals surface area contributed by atoms with Gasteiger partial charge in [-0.25, -0.2) is 0 Å². The highest BCUT2D eigenvalue weighted by Gasteiger charge is 2.00. The first-order chi connectivity index (χ1) is 5.66. The Balaban J connectivity index is 0. The van der Waals surface area contributed by atoms with Crippen molar-refractivity contribution >= 4 is 18.4 Å². The number of hydrogen-bond acceptors (Lipinski definition) is 5. The van der Waals surface area contributed by atoms with Crippen LogP contribution in [0.5, 0.6) is 0 Å². The Bertz CT molecular complexity index is 153. The molecular formula is C7H16ClN3O2. The predicted octanol–water partition coefficient (Wildman–Crippen LogP) is -1.03. The van der Waals surface area contributed by atoms with Gasteiger partial charge in [-0.15, -0.1) is 12.4 Å². The Morgan fingerprint density at radius 3 is 2.69 bits per heavy atom. The molecular weight excluding hydrogens is 194 g/mol. The van der Waals surface area contributed by atoms with Crippen LogP contribution >= 0.6 is 12.4 Å². The fourth-order valence-electron chi connectivity index (χ4n) is 0.544. The van der Waals surface area contributed by atoms with Gasteiger partial charge >= 0.3 is 5.97 Å². The molecule has 0 amide bonds. The monoisotopic (exact) mass is 209 g/mol. The van der Waals surface area contributed by atoms with Gasteiger partial charge in [0, 0.05) is 6.54 Å². The molecule has 0 atom stereocenters. The summed E-state index contributed by atoms with van der Waals surface area (Å²) in [6.07, 6.45) is 1.06. The number of nitrogens with two attached hydrogens (primary N) is 2. The van der Waals surface area contributed by atoms with E-state index < -0.39 is 6.17 Å². The van der Waals surface area contributed by atoms with E-state index in [-0.39, 0.29) is 31.5 Å². The van der Waals surface area contributed by atoms with E-state index in [1.165, 1.54) is 6.08 Å². The molecule has 0 radical (unpaired) electrons. The Kier molecular flexibility index (Phi) is 10.8. The van der Waals surface area contributed by atoms with Crippen LogP contribution in [0.15, 0.2) is 12.7 Å². The molecule has 6 heteroatoms. The molecule has 5 N–H and O–H groups in total. The molecule has 5 nitrogen and oxygen atoms in total. The smallest absolute Gasteiger partial charge is 0.320 e. The Morgan fingerprint density at radius 1 is 1.62 bits per heavy atom. The van der Waals surface area contributed by atoms with Crippen LogP contribution in [0.1, 0.15) is 0 Å². The van der Waals surface area contributed by atoms with Crippen molar-refractivity contribution in [3.63, 3.8) is 0 Å². The average molecular weight is 210 g/mol. The van der Waals surface area contributed by atoms with Crippen molar-refractivity contribution < 1.29 is 9.53 Å². The lowest BCUT2D eigenvalue weighted by molar-refractivity contribution is -0.141. The highest BCUT2D eigenvalue weighted by molar-refractivity contribution is 5.85. The lowest BCUT2D eigenvalue weighted by atomic mass is 10.5. The third kappa shape index (κ3) is 11.4. The maximum Gasteiger partial charge on any atom is 0.320 e. The molecule has 0 aliphatic heterocycles. The minimum atomic E-state index is -0.447. The third-order valence-corrected chi connectivity index (χ3v) is 1.01. The number of ether oxygens (including phenoxy) is 1. The topological polar surface area (TPSA) is 90.4 Å². The Labute approximate surface area is 83.9 Å². The lowest BCUT2D eigenvalue weighted by Crippen LogP contribution is -2.42. The predicted molar refractivity (Wildman–Crippen MR) is 53.4 cm³/mol. The van der Waals surface area contributed by atoms with Gasteiger partial charge in [0.25, 0.3) is 0 Å². The van der Waals surface area contributed by atoms with Gasteiger partial charge in [0.15, 0.2) is 0 Å². The molecule has 78 valence electrons. The number of rotatable bonds is 6. The molecule has 0 saturated carbocycles. The molecule has 0 aromatic heterocycles. The maximum absolute atomic E-state index is 10.8. The fourth-order valence-corrected chi connectivity index (χ4v) is 0.544. The van der Waals surface area contributed by atoms with E-state index in [1.54, 1.807) is 0 Å². The summed E-state index contributed by atoms with van der Waals surface area (Å²) in [6.45, 7) is 4.15. The molecule has 0 aromatic carbocycles. The molecule has 0 aromatic rings. The first-order valence-corrected chi connectivity index (χ1v) is 3.65. The second kappa shape index (κ2) is 9.47. The molecule has 0 spiro atoms. The van der Waals surface area contributed by atoms with E-state index in [0.29, 0.717) is 6.54 Å². The molecule has 0 saturated heterocycles. The van der Waals surface area contributed by atoms with E-state index in [2.05, 4.69) is 16.6 Å². The highest BCUT2D eigenvalue weighted by Crippen LogP contribution is 1.76. The zero-order chi connectivity index (χ0) is 9.40. The summed E-state index contributed by atoms with van der Waals surface area (Å²) in [5.74, 6) is -0.337. The average Bonchev–Trinajstić information content (AvgIpc) is 2.00. The summed E-state index contributed by atoms with van der Waals surface area (Å²) in [4.78, 5) is 10.8. The minimum Gasteiger partial charge on any atom is -0.461 e. The molecule has 13 heavy (non-hydrogen) atoms. The van der Waals surface area contributed by atoms with Crippen LogP contribution in [0, 0.1) is 0 Å². The van der Waals surface area contributed by atoms with Crippen molar-refractivity contribution in [2.45, 2.75) is 6.17 Å². The third-order valence-electron chi connectivity index (χ3n) is 1.01. The summed E-state index contributed by atoms with van der Waals surface area (Å²) in [6, 6.07) is 0. The molecule has 0 bridgehead atoms. The largest absolute Gasteiger partial charge is 0.461 e. The summed E-state index contributed by atoms with van der Waals surface area (Å²) in [5.41, 5.74) is 10.5. The van der Waals surface area contributed by atoms with Crippen molar-refractivity contribution in [2.75, 3.05) is 19.7 Å². The molecule has 0 unspecified atom stereocenters. The SMILES string of the molecule is C=CCOC(=O)CNCC(N)N.Cl. The van der Waals surface area contributed by atoms with Crippen molar-refractivity contribution in [1.82, 2.24) is 5.32 Å². The molecule has 0 aliphatic rings. The van der Waals surface area contributed by atoms with Gasteiger partial charge < -0.3 is 21.5 Å². The van der Waals surface area contributed by atoms with E-state index in [0.717, 1.165) is 0 Å².